The zero-order valence-electron chi connectivity index (χ0n) is 13.9. The molecule has 0 radical (unpaired) electrons. The second-order valence-electron chi connectivity index (χ2n) is 5.83. The van der Waals surface area contributed by atoms with Crippen LogP contribution < -0.4 is 5.32 Å². The molecule has 0 aliphatic carbocycles. The standard InChI is InChI=1S/C19H15Cl2FN2O2/c1-11(25)24-10-16(15-5-4-14(22)9-18(15)24)19(26)23-7-6-12-2-3-13(20)8-17(12)21/h2-5,8-10H,6-7H2,1H3,(H,23,26). The number of hydrogen-bond acceptors (Lipinski definition) is 2. The van der Waals surface area contributed by atoms with Gasteiger partial charge in [-0.15, -0.1) is 0 Å². The number of carbonyl (C=O) groups excluding carboxylic acids is 2. The van der Waals surface area contributed by atoms with Crippen LogP contribution in [0.3, 0.4) is 0 Å². The number of amides is 1. The van der Waals surface area contributed by atoms with E-state index in [1.165, 1.54) is 35.9 Å². The number of hydrogen-bond donors (Lipinski definition) is 1. The molecule has 1 N–H and O–H groups in total. The van der Waals surface area contributed by atoms with E-state index >= 15 is 0 Å². The number of rotatable bonds is 4. The predicted octanol–water partition coefficient (Wildman–Crippen LogP) is 4.72. The summed E-state index contributed by atoms with van der Waals surface area (Å²) in [5, 5.41) is 4.40. The molecule has 0 aliphatic heterocycles. The van der Waals surface area contributed by atoms with E-state index in [1.54, 1.807) is 18.2 Å². The molecule has 3 aromatic rings. The maximum atomic E-state index is 13.5. The van der Waals surface area contributed by atoms with Crippen molar-refractivity contribution >= 4 is 45.9 Å². The number of nitrogens with zero attached hydrogens (tertiary/aromatic N) is 1. The highest BCUT2D eigenvalue weighted by atomic mass is 35.5. The molecule has 4 nitrogen and oxygen atoms in total. The molecular formula is C19H15Cl2FN2O2. The molecule has 0 atom stereocenters. The van der Waals surface area contributed by atoms with Crippen molar-refractivity contribution in [2.45, 2.75) is 13.3 Å². The van der Waals surface area contributed by atoms with Gasteiger partial charge < -0.3 is 5.32 Å². The maximum Gasteiger partial charge on any atom is 0.253 e. The number of fused-ring (bicyclic) bond motifs is 1. The molecule has 3 rings (SSSR count). The van der Waals surface area contributed by atoms with Crippen LogP contribution in [0.25, 0.3) is 10.9 Å². The summed E-state index contributed by atoms with van der Waals surface area (Å²) in [6.45, 7) is 1.71. The van der Waals surface area contributed by atoms with Gasteiger partial charge in [-0.3, -0.25) is 14.2 Å². The van der Waals surface area contributed by atoms with Crippen molar-refractivity contribution < 1.29 is 14.0 Å². The molecule has 1 aromatic heterocycles. The van der Waals surface area contributed by atoms with Crippen molar-refractivity contribution in [3.63, 3.8) is 0 Å². The van der Waals surface area contributed by atoms with Crippen LogP contribution >= 0.6 is 23.2 Å². The zero-order valence-corrected chi connectivity index (χ0v) is 15.4. The molecule has 7 heteroatoms. The highest BCUT2D eigenvalue weighted by Crippen LogP contribution is 2.23. The fraction of sp³-hybridized carbons (Fsp3) is 0.158. The maximum absolute atomic E-state index is 13.5. The number of aromatic nitrogens is 1. The van der Waals surface area contributed by atoms with E-state index in [2.05, 4.69) is 5.32 Å². The van der Waals surface area contributed by atoms with Crippen LogP contribution in [0.4, 0.5) is 4.39 Å². The Hall–Kier alpha value is -2.37. The Morgan fingerprint density at radius 3 is 2.62 bits per heavy atom. The van der Waals surface area contributed by atoms with Crippen LogP contribution in [-0.4, -0.2) is 22.9 Å². The van der Waals surface area contributed by atoms with Crippen molar-refractivity contribution in [1.29, 1.82) is 0 Å². The van der Waals surface area contributed by atoms with Crippen molar-refractivity contribution in [2.75, 3.05) is 6.54 Å². The predicted molar refractivity (Wildman–Crippen MR) is 101 cm³/mol. The van der Waals surface area contributed by atoms with Crippen molar-refractivity contribution in [3.05, 3.63) is 69.6 Å². The molecule has 0 saturated heterocycles. The Morgan fingerprint density at radius 1 is 1.15 bits per heavy atom. The molecule has 0 spiro atoms. The Kier molecular flexibility index (Phi) is 5.30. The van der Waals surface area contributed by atoms with E-state index in [9.17, 15) is 14.0 Å². The second-order valence-corrected chi connectivity index (χ2v) is 6.68. The summed E-state index contributed by atoms with van der Waals surface area (Å²) in [5.41, 5.74) is 1.55. The van der Waals surface area contributed by atoms with Gasteiger partial charge in [-0.1, -0.05) is 29.3 Å². The summed E-state index contributed by atoms with van der Waals surface area (Å²) in [5.74, 6) is -1.11. The van der Waals surface area contributed by atoms with Gasteiger partial charge in [0.25, 0.3) is 5.91 Å². The Bertz CT molecular complexity index is 1010. The Labute approximate surface area is 159 Å². The molecule has 134 valence electrons. The third-order valence-corrected chi connectivity index (χ3v) is 4.63. The summed E-state index contributed by atoms with van der Waals surface area (Å²) in [7, 11) is 0. The molecule has 2 aromatic carbocycles. The van der Waals surface area contributed by atoms with Gasteiger partial charge in [0.05, 0.1) is 11.1 Å². The minimum absolute atomic E-state index is 0.299. The summed E-state index contributed by atoms with van der Waals surface area (Å²) >= 11 is 12.0. The van der Waals surface area contributed by atoms with Crippen molar-refractivity contribution in [2.24, 2.45) is 0 Å². The lowest BCUT2D eigenvalue weighted by Gasteiger charge is -2.07. The quantitative estimate of drug-likeness (QED) is 0.698. The molecule has 0 aliphatic rings. The smallest absolute Gasteiger partial charge is 0.253 e. The number of benzene rings is 2. The fourth-order valence-corrected chi connectivity index (χ4v) is 3.27. The van der Waals surface area contributed by atoms with E-state index in [1.807, 2.05) is 0 Å². The van der Waals surface area contributed by atoms with Gasteiger partial charge in [0.1, 0.15) is 5.82 Å². The van der Waals surface area contributed by atoms with Gasteiger partial charge in [-0.2, -0.15) is 0 Å². The van der Waals surface area contributed by atoms with Gasteiger partial charge >= 0.3 is 0 Å². The molecule has 1 amide bonds. The van der Waals surface area contributed by atoms with E-state index in [-0.39, 0.29) is 11.8 Å². The van der Waals surface area contributed by atoms with Gasteiger partial charge in [0, 0.05) is 35.1 Å². The lowest BCUT2D eigenvalue weighted by molar-refractivity contribution is 0.0941. The van der Waals surface area contributed by atoms with Crippen LogP contribution in [0.15, 0.2) is 42.6 Å². The fourth-order valence-electron chi connectivity index (χ4n) is 2.77. The van der Waals surface area contributed by atoms with E-state index in [0.717, 1.165) is 5.56 Å². The summed E-state index contributed by atoms with van der Waals surface area (Å²) < 4.78 is 14.8. The molecule has 0 fully saturated rings. The zero-order chi connectivity index (χ0) is 18.8. The van der Waals surface area contributed by atoms with Crippen LogP contribution in [0.5, 0.6) is 0 Å². The number of halogens is 3. The van der Waals surface area contributed by atoms with E-state index in [0.29, 0.717) is 39.5 Å². The molecule has 0 bridgehead atoms. The first-order chi connectivity index (χ1) is 12.4. The Balaban J connectivity index is 1.78. The first-order valence-corrected chi connectivity index (χ1v) is 8.66. The molecule has 0 unspecified atom stereocenters. The van der Waals surface area contributed by atoms with Crippen LogP contribution in [0.1, 0.15) is 27.6 Å². The molecule has 1 heterocycles. The summed E-state index contributed by atoms with van der Waals surface area (Å²) in [4.78, 5) is 24.3. The first-order valence-electron chi connectivity index (χ1n) is 7.90. The topological polar surface area (TPSA) is 51.1 Å². The van der Waals surface area contributed by atoms with Crippen molar-refractivity contribution in [3.8, 4) is 0 Å². The lowest BCUT2D eigenvalue weighted by Crippen LogP contribution is -2.25. The largest absolute Gasteiger partial charge is 0.352 e. The molecular weight excluding hydrogens is 378 g/mol. The van der Waals surface area contributed by atoms with Gasteiger partial charge in [-0.05, 0) is 42.3 Å². The highest BCUT2D eigenvalue weighted by molar-refractivity contribution is 6.35. The average molecular weight is 393 g/mol. The van der Waals surface area contributed by atoms with Crippen LogP contribution in [-0.2, 0) is 6.42 Å². The third-order valence-electron chi connectivity index (χ3n) is 4.05. The van der Waals surface area contributed by atoms with Gasteiger partial charge in [-0.25, -0.2) is 4.39 Å². The molecule has 0 saturated carbocycles. The SMILES string of the molecule is CC(=O)n1cc(C(=O)NCCc2ccc(Cl)cc2Cl)c2ccc(F)cc21. The third kappa shape index (κ3) is 3.74. The normalized spacial score (nSPS) is 10.9. The van der Waals surface area contributed by atoms with Crippen molar-refractivity contribution in [1.82, 2.24) is 9.88 Å². The minimum atomic E-state index is -0.470. The van der Waals surface area contributed by atoms with E-state index in [4.69, 9.17) is 23.2 Å². The molecule has 26 heavy (non-hydrogen) atoms. The average Bonchev–Trinajstić information content (AvgIpc) is 2.95. The summed E-state index contributed by atoms with van der Waals surface area (Å²) in [6.07, 6.45) is 1.96. The Morgan fingerprint density at radius 2 is 1.92 bits per heavy atom. The lowest BCUT2D eigenvalue weighted by atomic mass is 10.1. The summed E-state index contributed by atoms with van der Waals surface area (Å²) in [6, 6.07) is 9.18. The minimum Gasteiger partial charge on any atom is -0.352 e. The van der Waals surface area contributed by atoms with Crippen LogP contribution in [0.2, 0.25) is 10.0 Å². The van der Waals surface area contributed by atoms with Crippen LogP contribution in [0, 0.1) is 5.82 Å². The first kappa shape index (κ1) is 18.4. The highest BCUT2D eigenvalue weighted by Gasteiger charge is 2.17. The second kappa shape index (κ2) is 7.48. The number of nitrogens with one attached hydrogen (secondary N) is 1. The van der Waals surface area contributed by atoms with Gasteiger partial charge in [0.15, 0.2) is 0 Å². The van der Waals surface area contributed by atoms with Gasteiger partial charge in [0.2, 0.25) is 5.91 Å². The van der Waals surface area contributed by atoms with E-state index < -0.39 is 5.82 Å². The number of carbonyl (C=O) groups is 2. The monoisotopic (exact) mass is 392 g/mol.